The minimum Gasteiger partial charge on any atom is -0.489 e. The molecular formula is C27H17BrClNO2S2. The van der Waals surface area contributed by atoms with Crippen LogP contribution in [0, 0.1) is 0 Å². The Morgan fingerprint density at radius 2 is 1.76 bits per heavy atom. The van der Waals surface area contributed by atoms with E-state index < -0.39 is 0 Å². The van der Waals surface area contributed by atoms with Gasteiger partial charge in [0.2, 0.25) is 0 Å². The van der Waals surface area contributed by atoms with E-state index in [1.165, 1.54) is 27.4 Å². The van der Waals surface area contributed by atoms with Gasteiger partial charge in [0.25, 0.3) is 5.91 Å². The van der Waals surface area contributed by atoms with Crippen molar-refractivity contribution in [3.8, 4) is 5.75 Å². The highest BCUT2D eigenvalue weighted by molar-refractivity contribution is 9.10. The smallest absolute Gasteiger partial charge is 0.270 e. The maximum Gasteiger partial charge on any atom is 0.270 e. The largest absolute Gasteiger partial charge is 0.489 e. The van der Waals surface area contributed by atoms with Crippen molar-refractivity contribution in [2.45, 2.75) is 6.61 Å². The quantitative estimate of drug-likeness (QED) is 0.180. The fraction of sp³-hybridized carbons (Fsp3) is 0.0370. The highest BCUT2D eigenvalue weighted by Gasteiger charge is 2.33. The standard InChI is InChI=1S/C27H17BrClNO2S2/c28-23-13-10-20(15-24(23)29)30-26(31)25(34-27(30)33)14-17-8-11-21(12-9-17)32-16-19-6-3-5-18-4-1-2-7-22(18)19/h1-15H,16H2/b25-14+. The Hall–Kier alpha value is -2.64. The van der Waals surface area contributed by atoms with Crippen LogP contribution in [-0.4, -0.2) is 10.2 Å². The van der Waals surface area contributed by atoms with E-state index in [-0.39, 0.29) is 5.91 Å². The summed E-state index contributed by atoms with van der Waals surface area (Å²) in [6, 6.07) is 27.5. The lowest BCUT2D eigenvalue weighted by Gasteiger charge is -2.15. The molecule has 3 nitrogen and oxygen atoms in total. The molecular weight excluding hydrogens is 550 g/mol. The number of halogens is 2. The molecule has 7 heteroatoms. The first kappa shape index (κ1) is 23.1. The first-order chi connectivity index (χ1) is 16.5. The molecule has 1 aliphatic rings. The molecule has 34 heavy (non-hydrogen) atoms. The molecule has 0 radical (unpaired) electrons. The third-order valence-corrected chi connectivity index (χ3v) is 7.94. The summed E-state index contributed by atoms with van der Waals surface area (Å²) in [6.45, 7) is 0.481. The van der Waals surface area contributed by atoms with Crippen molar-refractivity contribution in [2.24, 2.45) is 0 Å². The Balaban J connectivity index is 1.30. The highest BCUT2D eigenvalue weighted by atomic mass is 79.9. The SMILES string of the molecule is O=C1/C(=C\c2ccc(OCc3cccc4ccccc34)cc2)SC(=S)N1c1ccc(Br)c(Cl)c1. The lowest BCUT2D eigenvalue weighted by molar-refractivity contribution is -0.113. The summed E-state index contributed by atoms with van der Waals surface area (Å²) >= 11 is 16.3. The van der Waals surface area contributed by atoms with Gasteiger partial charge in [-0.2, -0.15) is 0 Å². The number of hydrogen-bond donors (Lipinski definition) is 0. The molecule has 1 amide bonds. The van der Waals surface area contributed by atoms with Crippen LogP contribution in [0.2, 0.25) is 5.02 Å². The van der Waals surface area contributed by atoms with Gasteiger partial charge in [-0.25, -0.2) is 0 Å². The number of anilines is 1. The molecule has 1 saturated heterocycles. The number of rotatable bonds is 5. The Morgan fingerprint density at radius 3 is 2.56 bits per heavy atom. The second-order valence-electron chi connectivity index (χ2n) is 7.61. The Kier molecular flexibility index (Phi) is 6.75. The lowest BCUT2D eigenvalue weighted by atomic mass is 10.1. The van der Waals surface area contributed by atoms with Crippen molar-refractivity contribution in [3.63, 3.8) is 0 Å². The third-order valence-electron chi connectivity index (χ3n) is 5.41. The van der Waals surface area contributed by atoms with E-state index in [4.69, 9.17) is 28.6 Å². The predicted octanol–water partition coefficient (Wildman–Crippen LogP) is 8.24. The number of thiocarbonyl (C=S) groups is 1. The average Bonchev–Trinajstić information content (AvgIpc) is 3.13. The maximum atomic E-state index is 13.0. The summed E-state index contributed by atoms with van der Waals surface area (Å²) in [5, 5.41) is 2.91. The van der Waals surface area contributed by atoms with Crippen LogP contribution >= 0.6 is 51.5 Å². The van der Waals surface area contributed by atoms with Gasteiger partial charge < -0.3 is 4.74 Å². The van der Waals surface area contributed by atoms with Crippen molar-refractivity contribution < 1.29 is 9.53 Å². The number of ether oxygens (including phenoxy) is 1. The molecule has 5 rings (SSSR count). The van der Waals surface area contributed by atoms with Gasteiger partial charge in [-0.1, -0.05) is 90.2 Å². The van der Waals surface area contributed by atoms with Crippen LogP contribution in [0.1, 0.15) is 11.1 Å². The lowest BCUT2D eigenvalue weighted by Crippen LogP contribution is -2.27. The van der Waals surface area contributed by atoms with Gasteiger partial charge in [-0.3, -0.25) is 9.69 Å². The van der Waals surface area contributed by atoms with Crippen molar-refractivity contribution in [1.29, 1.82) is 0 Å². The normalized spacial score (nSPS) is 14.9. The molecule has 4 aromatic carbocycles. The molecule has 0 N–H and O–H groups in total. The molecule has 0 unspecified atom stereocenters. The number of hydrogen-bond acceptors (Lipinski definition) is 4. The Bertz CT molecular complexity index is 1450. The molecule has 0 bridgehead atoms. The van der Waals surface area contributed by atoms with Crippen LogP contribution < -0.4 is 9.64 Å². The Morgan fingerprint density at radius 1 is 1.00 bits per heavy atom. The van der Waals surface area contributed by atoms with E-state index in [0.29, 0.717) is 26.5 Å². The first-order valence-electron chi connectivity index (χ1n) is 10.4. The third kappa shape index (κ3) is 4.77. The summed E-state index contributed by atoms with van der Waals surface area (Å²) in [4.78, 5) is 15.1. The first-order valence-corrected chi connectivity index (χ1v) is 12.8. The topological polar surface area (TPSA) is 29.5 Å². The monoisotopic (exact) mass is 565 g/mol. The fourth-order valence-electron chi connectivity index (χ4n) is 3.71. The molecule has 1 aliphatic heterocycles. The van der Waals surface area contributed by atoms with Crippen LogP contribution in [0.5, 0.6) is 5.75 Å². The number of carbonyl (C=O) groups excluding carboxylic acids is 1. The fourth-order valence-corrected chi connectivity index (χ4v) is 5.43. The second kappa shape index (κ2) is 9.92. The van der Waals surface area contributed by atoms with Gasteiger partial charge in [-0.05, 0) is 74.2 Å². The van der Waals surface area contributed by atoms with Crippen molar-refractivity contribution in [2.75, 3.05) is 4.90 Å². The van der Waals surface area contributed by atoms with Crippen LogP contribution in [0.25, 0.3) is 16.8 Å². The van der Waals surface area contributed by atoms with Gasteiger partial charge in [0.1, 0.15) is 12.4 Å². The minimum absolute atomic E-state index is 0.162. The van der Waals surface area contributed by atoms with Gasteiger partial charge in [0.05, 0.1) is 15.6 Å². The zero-order chi connectivity index (χ0) is 23.7. The summed E-state index contributed by atoms with van der Waals surface area (Å²) in [5.41, 5.74) is 2.68. The second-order valence-corrected chi connectivity index (χ2v) is 10.5. The average molecular weight is 567 g/mol. The minimum atomic E-state index is -0.162. The molecule has 4 aromatic rings. The van der Waals surface area contributed by atoms with Gasteiger partial charge in [-0.15, -0.1) is 0 Å². The number of fused-ring (bicyclic) bond motifs is 1. The molecule has 168 valence electrons. The predicted molar refractivity (Wildman–Crippen MR) is 150 cm³/mol. The van der Waals surface area contributed by atoms with Gasteiger partial charge in [0.15, 0.2) is 4.32 Å². The van der Waals surface area contributed by atoms with Crippen molar-refractivity contribution in [3.05, 3.63) is 110 Å². The number of carbonyl (C=O) groups is 1. The molecule has 0 saturated carbocycles. The molecule has 0 aromatic heterocycles. The highest BCUT2D eigenvalue weighted by Crippen LogP contribution is 2.38. The van der Waals surface area contributed by atoms with Crippen LogP contribution in [0.15, 0.2) is 94.3 Å². The van der Waals surface area contributed by atoms with E-state index in [9.17, 15) is 4.79 Å². The van der Waals surface area contributed by atoms with E-state index in [2.05, 4.69) is 40.2 Å². The molecule has 1 heterocycles. The molecule has 0 spiro atoms. The number of nitrogens with zero attached hydrogens (tertiary/aromatic N) is 1. The van der Waals surface area contributed by atoms with E-state index in [1.807, 2.05) is 54.6 Å². The molecule has 0 aliphatic carbocycles. The van der Waals surface area contributed by atoms with Crippen molar-refractivity contribution >= 4 is 84.3 Å². The van der Waals surface area contributed by atoms with Gasteiger partial charge >= 0.3 is 0 Å². The maximum absolute atomic E-state index is 13.0. The van der Waals surface area contributed by atoms with Crippen LogP contribution in [0.4, 0.5) is 5.69 Å². The zero-order valence-corrected chi connectivity index (χ0v) is 21.7. The van der Waals surface area contributed by atoms with E-state index in [1.54, 1.807) is 12.1 Å². The Labute approximate surface area is 220 Å². The zero-order valence-electron chi connectivity index (χ0n) is 17.7. The van der Waals surface area contributed by atoms with E-state index in [0.717, 1.165) is 21.3 Å². The van der Waals surface area contributed by atoms with Gasteiger partial charge in [0, 0.05) is 4.47 Å². The summed E-state index contributed by atoms with van der Waals surface area (Å²) in [7, 11) is 0. The van der Waals surface area contributed by atoms with Crippen LogP contribution in [0.3, 0.4) is 0 Å². The van der Waals surface area contributed by atoms with Crippen LogP contribution in [-0.2, 0) is 11.4 Å². The molecule has 1 fully saturated rings. The summed E-state index contributed by atoms with van der Waals surface area (Å²) < 4.78 is 7.26. The number of benzene rings is 4. The van der Waals surface area contributed by atoms with E-state index >= 15 is 0 Å². The number of thioether (sulfide) groups is 1. The summed E-state index contributed by atoms with van der Waals surface area (Å²) in [6.07, 6.45) is 1.84. The summed E-state index contributed by atoms with van der Waals surface area (Å²) in [5.74, 6) is 0.604. The molecule has 0 atom stereocenters. The van der Waals surface area contributed by atoms with Crippen molar-refractivity contribution in [1.82, 2.24) is 0 Å². The number of amides is 1.